The van der Waals surface area contributed by atoms with Gasteiger partial charge in [-0.2, -0.15) is 0 Å². The maximum Gasteiger partial charge on any atom is 0.205 e. The average Bonchev–Trinajstić information content (AvgIpc) is 3.00. The lowest BCUT2D eigenvalue weighted by Gasteiger charge is -2.18. The number of hydrogen-bond donors (Lipinski definition) is 0. The highest BCUT2D eigenvalue weighted by Crippen LogP contribution is 2.19. The van der Waals surface area contributed by atoms with Gasteiger partial charge in [0.2, 0.25) is 5.95 Å². The van der Waals surface area contributed by atoms with Gasteiger partial charge < -0.3 is 9.47 Å². The van der Waals surface area contributed by atoms with Crippen molar-refractivity contribution in [1.29, 1.82) is 0 Å². The van der Waals surface area contributed by atoms with Gasteiger partial charge in [0, 0.05) is 25.5 Å². The molecule has 1 aliphatic rings. The van der Waals surface area contributed by atoms with Crippen LogP contribution < -0.4 is 4.90 Å². The van der Waals surface area contributed by atoms with E-state index in [0.29, 0.717) is 0 Å². The summed E-state index contributed by atoms with van der Waals surface area (Å²) in [5.74, 6) is 1.12. The van der Waals surface area contributed by atoms with Crippen LogP contribution in [0.2, 0.25) is 0 Å². The normalized spacial score (nSPS) is 15.4. The molecule has 0 atom stereocenters. The van der Waals surface area contributed by atoms with Crippen molar-refractivity contribution < 1.29 is 0 Å². The number of anilines is 1. The first-order chi connectivity index (χ1) is 8.43. The molecule has 1 saturated heterocycles. The molecule has 1 fully saturated rings. The zero-order valence-electron chi connectivity index (χ0n) is 9.92. The van der Waals surface area contributed by atoms with Gasteiger partial charge in [-0.15, -0.1) is 0 Å². The molecule has 17 heavy (non-hydrogen) atoms. The smallest absolute Gasteiger partial charge is 0.205 e. The standard InChI is InChI=1S/C14H17N3/c1-2-6-13(7-3-1)12-17-11-8-15-14(17)16-9-4-5-10-16/h1-3,6-8,11H,4-5,9-10,12H2. The second kappa shape index (κ2) is 4.62. The lowest BCUT2D eigenvalue weighted by atomic mass is 10.2. The zero-order valence-corrected chi connectivity index (χ0v) is 9.92. The highest BCUT2D eigenvalue weighted by molar-refractivity contribution is 5.33. The van der Waals surface area contributed by atoms with Crippen LogP contribution in [0.5, 0.6) is 0 Å². The predicted molar refractivity (Wildman–Crippen MR) is 69.2 cm³/mol. The SMILES string of the molecule is c1ccc(Cn2ccnc2N2CCCC2)cc1. The van der Waals surface area contributed by atoms with Gasteiger partial charge in [0.05, 0.1) is 6.54 Å². The Kier molecular flexibility index (Phi) is 2.82. The third-order valence-corrected chi connectivity index (χ3v) is 3.28. The predicted octanol–water partition coefficient (Wildman–Crippen LogP) is 2.53. The number of imidazole rings is 1. The monoisotopic (exact) mass is 227 g/mol. The van der Waals surface area contributed by atoms with Crippen molar-refractivity contribution in [3.8, 4) is 0 Å². The Bertz CT molecular complexity index is 469. The Morgan fingerprint density at radius 1 is 1.06 bits per heavy atom. The molecule has 88 valence electrons. The molecule has 3 nitrogen and oxygen atoms in total. The summed E-state index contributed by atoms with van der Waals surface area (Å²) in [7, 11) is 0. The van der Waals surface area contributed by atoms with Gasteiger partial charge in [-0.05, 0) is 18.4 Å². The van der Waals surface area contributed by atoms with Crippen LogP contribution in [0.3, 0.4) is 0 Å². The van der Waals surface area contributed by atoms with Gasteiger partial charge in [-0.3, -0.25) is 0 Å². The fourth-order valence-corrected chi connectivity index (χ4v) is 2.41. The second-order valence-electron chi connectivity index (χ2n) is 4.53. The molecule has 0 N–H and O–H groups in total. The minimum absolute atomic E-state index is 0.909. The fourth-order valence-electron chi connectivity index (χ4n) is 2.41. The highest BCUT2D eigenvalue weighted by atomic mass is 15.3. The van der Waals surface area contributed by atoms with E-state index in [9.17, 15) is 0 Å². The van der Waals surface area contributed by atoms with E-state index < -0.39 is 0 Å². The molecule has 0 saturated carbocycles. The van der Waals surface area contributed by atoms with Crippen LogP contribution in [0.1, 0.15) is 18.4 Å². The highest BCUT2D eigenvalue weighted by Gasteiger charge is 2.16. The van der Waals surface area contributed by atoms with Crippen molar-refractivity contribution in [2.24, 2.45) is 0 Å². The number of nitrogens with zero attached hydrogens (tertiary/aromatic N) is 3. The zero-order chi connectivity index (χ0) is 11.5. The maximum absolute atomic E-state index is 4.48. The molecule has 3 rings (SSSR count). The number of aromatic nitrogens is 2. The van der Waals surface area contributed by atoms with Crippen LogP contribution in [-0.2, 0) is 6.54 Å². The third kappa shape index (κ3) is 2.18. The molecule has 0 aliphatic carbocycles. The minimum atomic E-state index is 0.909. The summed E-state index contributed by atoms with van der Waals surface area (Å²) in [4.78, 5) is 6.86. The molecule has 0 amide bonds. The Labute approximate surface area is 102 Å². The Morgan fingerprint density at radius 2 is 1.82 bits per heavy atom. The summed E-state index contributed by atoms with van der Waals surface area (Å²) in [5.41, 5.74) is 1.32. The van der Waals surface area contributed by atoms with E-state index in [1.165, 1.54) is 18.4 Å². The summed E-state index contributed by atoms with van der Waals surface area (Å²) < 4.78 is 2.24. The molecule has 1 aliphatic heterocycles. The number of rotatable bonds is 3. The van der Waals surface area contributed by atoms with Gasteiger partial charge in [-0.25, -0.2) is 4.98 Å². The van der Waals surface area contributed by atoms with Gasteiger partial charge in [0.15, 0.2) is 0 Å². The first-order valence-corrected chi connectivity index (χ1v) is 6.23. The lowest BCUT2D eigenvalue weighted by Crippen LogP contribution is -2.22. The second-order valence-corrected chi connectivity index (χ2v) is 4.53. The lowest BCUT2D eigenvalue weighted by molar-refractivity contribution is 0.757. The fraction of sp³-hybridized carbons (Fsp3) is 0.357. The molecule has 1 aromatic carbocycles. The molecular weight excluding hydrogens is 210 g/mol. The van der Waals surface area contributed by atoms with Crippen LogP contribution in [-0.4, -0.2) is 22.6 Å². The summed E-state index contributed by atoms with van der Waals surface area (Å²) in [6.45, 7) is 3.20. The van der Waals surface area contributed by atoms with Crippen LogP contribution in [0.15, 0.2) is 42.7 Å². The maximum atomic E-state index is 4.48. The van der Waals surface area contributed by atoms with E-state index in [0.717, 1.165) is 25.6 Å². The van der Waals surface area contributed by atoms with Gasteiger partial charge in [-0.1, -0.05) is 30.3 Å². The van der Waals surface area contributed by atoms with Crippen molar-refractivity contribution in [2.45, 2.75) is 19.4 Å². The van der Waals surface area contributed by atoms with Gasteiger partial charge in [0.25, 0.3) is 0 Å². The van der Waals surface area contributed by atoms with Crippen molar-refractivity contribution in [1.82, 2.24) is 9.55 Å². The van der Waals surface area contributed by atoms with E-state index in [1.54, 1.807) is 0 Å². The van der Waals surface area contributed by atoms with E-state index in [2.05, 4.69) is 51.0 Å². The summed E-state index contributed by atoms with van der Waals surface area (Å²) in [5, 5.41) is 0. The van der Waals surface area contributed by atoms with Crippen LogP contribution >= 0.6 is 0 Å². The number of benzene rings is 1. The molecule has 0 radical (unpaired) electrons. The molecular formula is C14H17N3. The largest absolute Gasteiger partial charge is 0.342 e. The van der Waals surface area contributed by atoms with Gasteiger partial charge in [0.1, 0.15) is 0 Å². The van der Waals surface area contributed by atoms with Gasteiger partial charge >= 0.3 is 0 Å². The third-order valence-electron chi connectivity index (χ3n) is 3.28. The Morgan fingerprint density at radius 3 is 2.59 bits per heavy atom. The topological polar surface area (TPSA) is 21.1 Å². The van der Waals surface area contributed by atoms with Crippen molar-refractivity contribution in [2.75, 3.05) is 18.0 Å². The number of hydrogen-bond acceptors (Lipinski definition) is 2. The molecule has 0 unspecified atom stereocenters. The molecule has 3 heteroatoms. The summed E-state index contributed by atoms with van der Waals surface area (Å²) in [6, 6.07) is 10.5. The van der Waals surface area contributed by atoms with Crippen molar-refractivity contribution in [3.05, 3.63) is 48.3 Å². The average molecular weight is 227 g/mol. The van der Waals surface area contributed by atoms with E-state index in [1.807, 2.05) is 6.20 Å². The first kappa shape index (κ1) is 10.4. The molecule has 2 heterocycles. The molecule has 0 spiro atoms. The van der Waals surface area contributed by atoms with E-state index in [-0.39, 0.29) is 0 Å². The van der Waals surface area contributed by atoms with Crippen molar-refractivity contribution in [3.63, 3.8) is 0 Å². The minimum Gasteiger partial charge on any atom is -0.342 e. The van der Waals surface area contributed by atoms with Crippen LogP contribution in [0.4, 0.5) is 5.95 Å². The van der Waals surface area contributed by atoms with E-state index >= 15 is 0 Å². The van der Waals surface area contributed by atoms with Crippen LogP contribution in [0, 0.1) is 0 Å². The Hall–Kier alpha value is -1.77. The summed E-state index contributed by atoms with van der Waals surface area (Å²) in [6.07, 6.45) is 6.55. The first-order valence-electron chi connectivity index (χ1n) is 6.23. The quantitative estimate of drug-likeness (QED) is 0.803. The molecule has 1 aromatic heterocycles. The van der Waals surface area contributed by atoms with Crippen molar-refractivity contribution >= 4 is 5.95 Å². The molecule has 2 aromatic rings. The molecule has 0 bridgehead atoms. The summed E-state index contributed by atoms with van der Waals surface area (Å²) >= 11 is 0. The van der Waals surface area contributed by atoms with E-state index in [4.69, 9.17) is 0 Å². The Balaban J connectivity index is 1.81. The van der Waals surface area contributed by atoms with Crippen LogP contribution in [0.25, 0.3) is 0 Å².